The number of carbonyl (C=O) groups excluding carboxylic acids is 1. The molecule has 0 aliphatic carbocycles. The first-order valence-electron chi connectivity index (χ1n) is 7.86. The molecular formula is C19H17ClN4O2. The molecule has 0 saturated heterocycles. The Morgan fingerprint density at radius 3 is 2.58 bits per heavy atom. The Morgan fingerprint density at radius 1 is 1.12 bits per heavy atom. The minimum absolute atomic E-state index is 0.228. The molecule has 0 atom stereocenters. The largest absolute Gasteiger partial charge is 0.495 e. The molecule has 0 saturated carbocycles. The van der Waals surface area contributed by atoms with Gasteiger partial charge in [-0.2, -0.15) is 0 Å². The fourth-order valence-corrected chi connectivity index (χ4v) is 2.56. The molecule has 3 rings (SSSR count). The van der Waals surface area contributed by atoms with Gasteiger partial charge >= 0.3 is 0 Å². The highest BCUT2D eigenvalue weighted by Crippen LogP contribution is 2.28. The summed E-state index contributed by atoms with van der Waals surface area (Å²) in [4.78, 5) is 20.7. The summed E-state index contributed by atoms with van der Waals surface area (Å²) in [5, 5.41) is 6.38. The second kappa shape index (κ2) is 7.84. The van der Waals surface area contributed by atoms with Crippen LogP contribution in [0.15, 0.2) is 54.9 Å². The van der Waals surface area contributed by atoms with E-state index in [0.29, 0.717) is 16.6 Å². The van der Waals surface area contributed by atoms with Crippen molar-refractivity contribution in [1.82, 2.24) is 9.97 Å². The zero-order valence-electron chi connectivity index (χ0n) is 14.3. The molecule has 3 aromatic rings. The van der Waals surface area contributed by atoms with Crippen LogP contribution in [0.25, 0.3) is 0 Å². The Hall–Kier alpha value is -3.12. The lowest BCUT2D eigenvalue weighted by atomic mass is 10.2. The third-order valence-electron chi connectivity index (χ3n) is 3.70. The number of amides is 1. The van der Waals surface area contributed by atoms with Crippen LogP contribution in [0.2, 0.25) is 5.02 Å². The molecule has 1 heterocycles. The normalized spacial score (nSPS) is 10.3. The van der Waals surface area contributed by atoms with Gasteiger partial charge < -0.3 is 15.4 Å². The molecule has 0 radical (unpaired) electrons. The van der Waals surface area contributed by atoms with Crippen LogP contribution >= 0.6 is 11.6 Å². The molecule has 0 bridgehead atoms. The fraction of sp³-hybridized carbons (Fsp3) is 0.105. The van der Waals surface area contributed by atoms with Gasteiger partial charge in [0.15, 0.2) is 0 Å². The molecule has 0 unspecified atom stereocenters. The third kappa shape index (κ3) is 4.10. The molecule has 7 heteroatoms. The lowest BCUT2D eigenvalue weighted by molar-refractivity contribution is 0.102. The van der Waals surface area contributed by atoms with Crippen molar-refractivity contribution in [1.29, 1.82) is 0 Å². The van der Waals surface area contributed by atoms with Crippen LogP contribution in [0.1, 0.15) is 16.1 Å². The zero-order valence-corrected chi connectivity index (χ0v) is 15.0. The lowest BCUT2D eigenvalue weighted by Crippen LogP contribution is -2.15. The fourth-order valence-electron chi connectivity index (χ4n) is 2.30. The standard InChI is InChI=1S/C19H17ClN4O2/c1-12-5-3-4-6-15(12)24-19(25)16-10-22-18(11-21-16)23-13-7-8-17(26-2)14(20)9-13/h3-11H,1-2H3,(H,22,23)(H,24,25). The summed E-state index contributed by atoms with van der Waals surface area (Å²) < 4.78 is 5.12. The molecule has 1 amide bonds. The van der Waals surface area contributed by atoms with E-state index in [4.69, 9.17) is 16.3 Å². The summed E-state index contributed by atoms with van der Waals surface area (Å²) in [7, 11) is 1.56. The van der Waals surface area contributed by atoms with E-state index < -0.39 is 0 Å². The van der Waals surface area contributed by atoms with E-state index in [2.05, 4.69) is 20.6 Å². The molecule has 0 spiro atoms. The van der Waals surface area contributed by atoms with Crippen molar-refractivity contribution < 1.29 is 9.53 Å². The highest BCUT2D eigenvalue weighted by Gasteiger charge is 2.10. The van der Waals surface area contributed by atoms with Gasteiger partial charge in [-0.3, -0.25) is 4.79 Å². The molecule has 2 aromatic carbocycles. The van der Waals surface area contributed by atoms with Gasteiger partial charge in [0.2, 0.25) is 0 Å². The smallest absolute Gasteiger partial charge is 0.275 e. The van der Waals surface area contributed by atoms with Gasteiger partial charge in [-0.15, -0.1) is 0 Å². The summed E-state index contributed by atoms with van der Waals surface area (Å²) in [6, 6.07) is 12.8. The van der Waals surface area contributed by atoms with Crippen molar-refractivity contribution in [2.45, 2.75) is 6.92 Å². The SMILES string of the molecule is COc1ccc(Nc2cnc(C(=O)Nc3ccccc3C)cn2)cc1Cl. The number of carbonyl (C=O) groups is 1. The number of aryl methyl sites for hydroxylation is 1. The monoisotopic (exact) mass is 368 g/mol. The Kier molecular flexibility index (Phi) is 5.34. The predicted molar refractivity (Wildman–Crippen MR) is 102 cm³/mol. The van der Waals surface area contributed by atoms with E-state index in [9.17, 15) is 4.79 Å². The quantitative estimate of drug-likeness (QED) is 0.696. The molecule has 1 aromatic heterocycles. The average Bonchev–Trinajstić information content (AvgIpc) is 2.64. The predicted octanol–water partition coefficient (Wildman–Crippen LogP) is 4.44. The number of nitrogens with one attached hydrogen (secondary N) is 2. The summed E-state index contributed by atoms with van der Waals surface area (Å²) in [6.45, 7) is 1.92. The number of aromatic nitrogens is 2. The number of rotatable bonds is 5. The minimum Gasteiger partial charge on any atom is -0.495 e. The second-order valence-corrected chi connectivity index (χ2v) is 5.94. The number of hydrogen-bond acceptors (Lipinski definition) is 5. The zero-order chi connectivity index (χ0) is 18.5. The summed E-state index contributed by atoms with van der Waals surface area (Å²) in [5.41, 5.74) is 2.69. The van der Waals surface area contributed by atoms with Gasteiger partial charge in [0.1, 0.15) is 17.3 Å². The molecular weight excluding hydrogens is 352 g/mol. The van der Waals surface area contributed by atoms with Crippen LogP contribution in [-0.4, -0.2) is 23.0 Å². The van der Waals surface area contributed by atoms with Crippen molar-refractivity contribution in [3.05, 3.63) is 71.1 Å². The van der Waals surface area contributed by atoms with Gasteiger partial charge in [0, 0.05) is 11.4 Å². The van der Waals surface area contributed by atoms with Crippen LogP contribution < -0.4 is 15.4 Å². The molecule has 26 heavy (non-hydrogen) atoms. The number of anilines is 3. The van der Waals surface area contributed by atoms with Gasteiger partial charge in [0.05, 0.1) is 24.5 Å². The van der Waals surface area contributed by atoms with Crippen molar-refractivity contribution >= 4 is 34.7 Å². The number of methoxy groups -OCH3 is 1. The number of halogens is 1. The van der Waals surface area contributed by atoms with Crippen molar-refractivity contribution in [3.8, 4) is 5.75 Å². The van der Waals surface area contributed by atoms with E-state index >= 15 is 0 Å². The average molecular weight is 369 g/mol. The third-order valence-corrected chi connectivity index (χ3v) is 4.00. The van der Waals surface area contributed by atoms with Gasteiger partial charge in [0.25, 0.3) is 5.91 Å². The van der Waals surface area contributed by atoms with Crippen molar-refractivity contribution in [2.75, 3.05) is 17.7 Å². The number of benzene rings is 2. The molecule has 6 nitrogen and oxygen atoms in total. The number of para-hydroxylation sites is 1. The van der Waals surface area contributed by atoms with E-state index in [1.54, 1.807) is 19.2 Å². The van der Waals surface area contributed by atoms with Crippen LogP contribution in [0.5, 0.6) is 5.75 Å². The first-order chi connectivity index (χ1) is 12.6. The number of ether oxygens (including phenoxy) is 1. The Balaban J connectivity index is 1.69. The molecule has 0 fully saturated rings. The summed E-state index contributed by atoms with van der Waals surface area (Å²) in [6.07, 6.45) is 2.91. The maximum absolute atomic E-state index is 12.3. The minimum atomic E-state index is -0.314. The summed E-state index contributed by atoms with van der Waals surface area (Å²) in [5.74, 6) is 0.774. The van der Waals surface area contributed by atoms with Gasteiger partial charge in [-0.25, -0.2) is 9.97 Å². The van der Waals surface area contributed by atoms with Crippen LogP contribution in [0.3, 0.4) is 0 Å². The molecule has 2 N–H and O–H groups in total. The first-order valence-corrected chi connectivity index (χ1v) is 8.24. The Morgan fingerprint density at radius 2 is 1.92 bits per heavy atom. The van der Waals surface area contributed by atoms with E-state index in [-0.39, 0.29) is 11.6 Å². The number of nitrogens with zero attached hydrogens (tertiary/aromatic N) is 2. The molecule has 132 valence electrons. The van der Waals surface area contributed by atoms with E-state index in [1.165, 1.54) is 12.4 Å². The highest BCUT2D eigenvalue weighted by molar-refractivity contribution is 6.32. The van der Waals surface area contributed by atoms with Crippen LogP contribution in [0.4, 0.5) is 17.2 Å². The lowest BCUT2D eigenvalue weighted by Gasteiger charge is -2.09. The summed E-state index contributed by atoms with van der Waals surface area (Å²) >= 11 is 6.10. The van der Waals surface area contributed by atoms with E-state index in [0.717, 1.165) is 16.9 Å². The first kappa shape index (κ1) is 17.7. The Bertz CT molecular complexity index is 929. The van der Waals surface area contributed by atoms with Gasteiger partial charge in [-0.05, 0) is 36.8 Å². The maximum Gasteiger partial charge on any atom is 0.275 e. The molecule has 0 aliphatic rings. The van der Waals surface area contributed by atoms with Gasteiger partial charge in [-0.1, -0.05) is 29.8 Å². The highest BCUT2D eigenvalue weighted by atomic mass is 35.5. The Labute approximate surface area is 156 Å². The van der Waals surface area contributed by atoms with Crippen molar-refractivity contribution in [2.24, 2.45) is 0 Å². The molecule has 0 aliphatic heterocycles. The van der Waals surface area contributed by atoms with Crippen molar-refractivity contribution in [3.63, 3.8) is 0 Å². The van der Waals surface area contributed by atoms with E-state index in [1.807, 2.05) is 37.3 Å². The maximum atomic E-state index is 12.3. The number of hydrogen-bond donors (Lipinski definition) is 2. The van der Waals surface area contributed by atoms with Crippen LogP contribution in [-0.2, 0) is 0 Å². The van der Waals surface area contributed by atoms with Crippen LogP contribution in [0, 0.1) is 6.92 Å². The second-order valence-electron chi connectivity index (χ2n) is 5.53. The topological polar surface area (TPSA) is 76.1 Å².